The van der Waals surface area contributed by atoms with E-state index in [1.165, 1.54) is 29.5 Å². The lowest BCUT2D eigenvalue weighted by Gasteiger charge is -2.26. The fraction of sp³-hybridized carbons (Fsp3) is 0.312. The van der Waals surface area contributed by atoms with Crippen molar-refractivity contribution in [3.63, 3.8) is 0 Å². The topological polar surface area (TPSA) is 79.3 Å². The molecule has 1 heterocycles. The number of hydrogen-bond donors (Lipinski definition) is 2. The number of aromatic hydroxyl groups is 1. The molecule has 0 radical (unpaired) electrons. The second-order valence-corrected chi connectivity index (χ2v) is 7.76. The standard InChI is InChI=1S/C16H15ClN2O3S/c1-16(2)6-10-13(12(21)7-16)23-15(18-10)19-14(22)8-3-4-11(20)9(17)5-8/h3-5,20H,6-7H2,1-2H3,(H,18,19,22). The van der Waals surface area contributed by atoms with E-state index in [0.717, 1.165) is 5.69 Å². The Morgan fingerprint density at radius 1 is 1.39 bits per heavy atom. The average Bonchev–Trinajstić information content (AvgIpc) is 2.83. The van der Waals surface area contributed by atoms with Gasteiger partial charge in [-0.25, -0.2) is 4.98 Å². The van der Waals surface area contributed by atoms with Crippen molar-refractivity contribution < 1.29 is 14.7 Å². The number of anilines is 1. The van der Waals surface area contributed by atoms with Gasteiger partial charge in [0.2, 0.25) is 0 Å². The largest absolute Gasteiger partial charge is 0.506 e. The van der Waals surface area contributed by atoms with E-state index in [0.29, 0.717) is 28.4 Å². The minimum atomic E-state index is -0.385. The molecule has 0 unspecified atom stereocenters. The van der Waals surface area contributed by atoms with E-state index >= 15 is 0 Å². The highest BCUT2D eigenvalue weighted by atomic mass is 35.5. The number of carbonyl (C=O) groups excluding carboxylic acids is 2. The Kier molecular flexibility index (Phi) is 3.90. The van der Waals surface area contributed by atoms with Crippen molar-refractivity contribution >= 4 is 39.8 Å². The van der Waals surface area contributed by atoms with Crippen LogP contribution in [-0.2, 0) is 6.42 Å². The van der Waals surface area contributed by atoms with Gasteiger partial charge in [0, 0.05) is 12.0 Å². The molecule has 7 heteroatoms. The molecule has 0 bridgehead atoms. The molecular formula is C16H15ClN2O3S. The zero-order valence-corrected chi connectivity index (χ0v) is 14.2. The summed E-state index contributed by atoms with van der Waals surface area (Å²) in [6.07, 6.45) is 1.20. The SMILES string of the molecule is CC1(C)CC(=O)c2sc(NC(=O)c3ccc(O)c(Cl)c3)nc2C1. The van der Waals surface area contributed by atoms with Crippen LogP contribution in [0.2, 0.25) is 5.02 Å². The summed E-state index contributed by atoms with van der Waals surface area (Å²) < 4.78 is 0. The molecule has 0 fully saturated rings. The number of ketones is 1. The van der Waals surface area contributed by atoms with Gasteiger partial charge >= 0.3 is 0 Å². The van der Waals surface area contributed by atoms with Crippen LogP contribution in [0.3, 0.4) is 0 Å². The number of Topliss-reactive ketones (excluding diaryl/α,β-unsaturated/α-hetero) is 1. The first kappa shape index (κ1) is 16.0. The van der Waals surface area contributed by atoms with E-state index in [-0.39, 0.29) is 27.9 Å². The lowest BCUT2D eigenvalue weighted by Crippen LogP contribution is -2.26. The third-order valence-corrected chi connectivity index (χ3v) is 5.02. The first-order valence-electron chi connectivity index (χ1n) is 7.08. The van der Waals surface area contributed by atoms with E-state index in [2.05, 4.69) is 10.3 Å². The van der Waals surface area contributed by atoms with Crippen molar-refractivity contribution in [2.75, 3.05) is 5.32 Å². The molecule has 0 atom stereocenters. The summed E-state index contributed by atoms with van der Waals surface area (Å²) in [5.41, 5.74) is 0.951. The Hall–Kier alpha value is -1.92. The van der Waals surface area contributed by atoms with Crippen LogP contribution in [0.4, 0.5) is 5.13 Å². The molecule has 1 aliphatic rings. The molecule has 0 saturated carbocycles. The number of nitrogens with zero attached hydrogens (tertiary/aromatic N) is 1. The maximum Gasteiger partial charge on any atom is 0.257 e. The van der Waals surface area contributed by atoms with Crippen molar-refractivity contribution in [3.8, 4) is 5.75 Å². The van der Waals surface area contributed by atoms with Gasteiger partial charge in [0.1, 0.15) is 5.75 Å². The Bertz CT molecular complexity index is 814. The molecule has 1 aromatic heterocycles. The molecule has 0 saturated heterocycles. The number of phenols is 1. The van der Waals surface area contributed by atoms with Crippen molar-refractivity contribution in [1.82, 2.24) is 4.98 Å². The smallest absolute Gasteiger partial charge is 0.257 e. The summed E-state index contributed by atoms with van der Waals surface area (Å²) in [5, 5.41) is 12.6. The molecule has 1 amide bonds. The second kappa shape index (κ2) is 5.62. The first-order valence-corrected chi connectivity index (χ1v) is 8.27. The van der Waals surface area contributed by atoms with Crippen LogP contribution in [0.5, 0.6) is 5.75 Å². The summed E-state index contributed by atoms with van der Waals surface area (Å²) in [6.45, 7) is 4.06. The lowest BCUT2D eigenvalue weighted by atomic mass is 9.78. The molecule has 120 valence electrons. The molecule has 23 heavy (non-hydrogen) atoms. The first-order chi connectivity index (χ1) is 10.7. The van der Waals surface area contributed by atoms with Crippen molar-refractivity contribution in [2.24, 2.45) is 5.41 Å². The van der Waals surface area contributed by atoms with Crippen molar-refractivity contribution in [3.05, 3.63) is 39.4 Å². The minimum absolute atomic E-state index is 0.0712. The second-order valence-electron chi connectivity index (χ2n) is 6.36. The van der Waals surface area contributed by atoms with Crippen LogP contribution in [0.1, 0.15) is 46.0 Å². The van der Waals surface area contributed by atoms with Crippen LogP contribution in [0, 0.1) is 5.41 Å². The summed E-state index contributed by atoms with van der Waals surface area (Å²) >= 11 is 7.01. The third kappa shape index (κ3) is 3.23. The maximum atomic E-state index is 12.2. The molecule has 1 aromatic carbocycles. The fourth-order valence-corrected chi connectivity index (χ4v) is 3.69. The van der Waals surface area contributed by atoms with Gasteiger partial charge in [0.05, 0.1) is 15.6 Å². The molecule has 2 N–H and O–H groups in total. The molecule has 2 aromatic rings. The van der Waals surface area contributed by atoms with Crippen LogP contribution >= 0.6 is 22.9 Å². The third-order valence-electron chi connectivity index (χ3n) is 3.67. The Morgan fingerprint density at radius 2 is 2.13 bits per heavy atom. The van der Waals surface area contributed by atoms with Crippen LogP contribution in [0.15, 0.2) is 18.2 Å². The number of carbonyl (C=O) groups is 2. The zero-order valence-electron chi connectivity index (χ0n) is 12.6. The van der Waals surface area contributed by atoms with E-state index in [4.69, 9.17) is 11.6 Å². The number of fused-ring (bicyclic) bond motifs is 1. The van der Waals surface area contributed by atoms with E-state index in [1.807, 2.05) is 13.8 Å². The van der Waals surface area contributed by atoms with Gasteiger partial charge in [0.15, 0.2) is 10.9 Å². The summed E-state index contributed by atoms with van der Waals surface area (Å²) in [7, 11) is 0. The van der Waals surface area contributed by atoms with Gasteiger partial charge in [-0.1, -0.05) is 36.8 Å². The molecule has 5 nitrogen and oxygen atoms in total. The number of phenolic OH excluding ortho intramolecular Hbond substituents is 1. The Balaban J connectivity index is 1.83. The summed E-state index contributed by atoms with van der Waals surface area (Å²) in [5.74, 6) is -0.396. The summed E-state index contributed by atoms with van der Waals surface area (Å²) in [4.78, 5) is 29.4. The van der Waals surface area contributed by atoms with Gasteiger partial charge in [-0.15, -0.1) is 0 Å². The quantitative estimate of drug-likeness (QED) is 0.860. The predicted molar refractivity (Wildman–Crippen MR) is 89.6 cm³/mol. The highest BCUT2D eigenvalue weighted by molar-refractivity contribution is 7.17. The number of thiazole rings is 1. The monoisotopic (exact) mass is 350 g/mol. The highest BCUT2D eigenvalue weighted by Gasteiger charge is 2.34. The number of nitrogens with one attached hydrogen (secondary N) is 1. The van der Waals surface area contributed by atoms with Gasteiger partial charge in [-0.05, 0) is 30.0 Å². The number of halogens is 1. The van der Waals surface area contributed by atoms with E-state index in [9.17, 15) is 14.7 Å². The highest BCUT2D eigenvalue weighted by Crippen LogP contribution is 2.38. The molecular weight excluding hydrogens is 336 g/mol. The number of hydrogen-bond acceptors (Lipinski definition) is 5. The van der Waals surface area contributed by atoms with E-state index < -0.39 is 0 Å². The van der Waals surface area contributed by atoms with Crippen LogP contribution in [-0.4, -0.2) is 21.8 Å². The van der Waals surface area contributed by atoms with Crippen LogP contribution < -0.4 is 5.32 Å². The predicted octanol–water partition coefficient (Wildman–Crippen LogP) is 3.91. The van der Waals surface area contributed by atoms with E-state index in [1.54, 1.807) is 0 Å². The van der Waals surface area contributed by atoms with Gasteiger partial charge in [-0.3, -0.25) is 14.9 Å². The van der Waals surface area contributed by atoms with Gasteiger partial charge in [0.25, 0.3) is 5.91 Å². The summed E-state index contributed by atoms with van der Waals surface area (Å²) in [6, 6.07) is 4.21. The van der Waals surface area contributed by atoms with Crippen molar-refractivity contribution in [2.45, 2.75) is 26.7 Å². The van der Waals surface area contributed by atoms with Crippen LogP contribution in [0.25, 0.3) is 0 Å². The van der Waals surface area contributed by atoms with Gasteiger partial charge in [-0.2, -0.15) is 0 Å². The number of aromatic nitrogens is 1. The zero-order chi connectivity index (χ0) is 16.8. The van der Waals surface area contributed by atoms with Gasteiger partial charge < -0.3 is 5.11 Å². The fourth-order valence-electron chi connectivity index (χ4n) is 2.59. The molecule has 3 rings (SSSR count). The Labute approximate surface area is 142 Å². The molecule has 0 spiro atoms. The molecule has 1 aliphatic carbocycles. The van der Waals surface area contributed by atoms with Crippen molar-refractivity contribution in [1.29, 1.82) is 0 Å². The number of amides is 1. The Morgan fingerprint density at radius 3 is 2.83 bits per heavy atom. The minimum Gasteiger partial charge on any atom is -0.506 e. The normalized spacial score (nSPS) is 16.0. The lowest BCUT2D eigenvalue weighted by molar-refractivity contribution is 0.0915. The number of benzene rings is 1. The maximum absolute atomic E-state index is 12.2. The molecule has 0 aliphatic heterocycles. The number of rotatable bonds is 2. The average molecular weight is 351 g/mol.